The molecule has 0 unspecified atom stereocenters. The quantitative estimate of drug-likeness (QED) is 0.403. The Morgan fingerprint density at radius 1 is 1.03 bits per heavy atom. The van der Waals surface area contributed by atoms with Gasteiger partial charge in [0.2, 0.25) is 11.8 Å². The molecule has 0 aliphatic carbocycles. The van der Waals surface area contributed by atoms with Crippen LogP contribution in [0.4, 0.5) is 0 Å². The van der Waals surface area contributed by atoms with Crippen LogP contribution >= 0.6 is 11.6 Å². The number of amides is 2. The Balaban J connectivity index is 2.06. The predicted octanol–water partition coefficient (Wildman–Crippen LogP) is 5.23. The van der Waals surface area contributed by atoms with E-state index < -0.39 is 6.04 Å². The first kappa shape index (κ1) is 26.5. The molecule has 2 aromatic rings. The standard InChI is InChI=1S/C26H35ClN2O4/c1-5-19(3)28-26(31)24(6-2)29(18-20-10-7-8-11-23(20)27)25(30)12-9-17-33-22-15-13-21(32-4)14-16-22/h7-8,10-11,13-16,19,24H,5-6,9,12,17-18H2,1-4H3,(H,28,31)/t19-,24-/m1/s1. The molecule has 0 spiro atoms. The van der Waals surface area contributed by atoms with Gasteiger partial charge in [-0.3, -0.25) is 9.59 Å². The average Bonchev–Trinajstić information content (AvgIpc) is 2.83. The number of nitrogens with one attached hydrogen (secondary N) is 1. The maximum atomic E-state index is 13.2. The van der Waals surface area contributed by atoms with E-state index in [1.807, 2.05) is 63.2 Å². The van der Waals surface area contributed by atoms with Crippen molar-refractivity contribution in [2.24, 2.45) is 0 Å². The third kappa shape index (κ3) is 8.28. The molecule has 2 amide bonds. The Kier molecular flexibility index (Phi) is 11.0. The van der Waals surface area contributed by atoms with Gasteiger partial charge in [-0.2, -0.15) is 0 Å². The fourth-order valence-corrected chi connectivity index (χ4v) is 3.60. The highest BCUT2D eigenvalue weighted by Gasteiger charge is 2.29. The van der Waals surface area contributed by atoms with Crippen molar-refractivity contribution >= 4 is 23.4 Å². The van der Waals surface area contributed by atoms with Crippen LogP contribution in [0.15, 0.2) is 48.5 Å². The number of methoxy groups -OCH3 is 1. The summed E-state index contributed by atoms with van der Waals surface area (Å²) in [5, 5.41) is 3.59. The number of hydrogen-bond acceptors (Lipinski definition) is 4. The Morgan fingerprint density at radius 2 is 1.70 bits per heavy atom. The number of nitrogens with zero attached hydrogens (tertiary/aromatic N) is 1. The highest BCUT2D eigenvalue weighted by atomic mass is 35.5. The van der Waals surface area contributed by atoms with Crippen LogP contribution in [0.2, 0.25) is 5.02 Å². The molecule has 0 saturated carbocycles. The summed E-state index contributed by atoms with van der Waals surface area (Å²) in [6, 6.07) is 14.2. The van der Waals surface area contributed by atoms with Gasteiger partial charge >= 0.3 is 0 Å². The first-order chi connectivity index (χ1) is 15.9. The summed E-state index contributed by atoms with van der Waals surface area (Å²) in [4.78, 5) is 27.8. The van der Waals surface area contributed by atoms with Gasteiger partial charge in [0.05, 0.1) is 13.7 Å². The van der Waals surface area contributed by atoms with E-state index in [0.29, 0.717) is 24.5 Å². The zero-order valence-electron chi connectivity index (χ0n) is 20.0. The van der Waals surface area contributed by atoms with Crippen LogP contribution in [-0.2, 0) is 16.1 Å². The van der Waals surface area contributed by atoms with Gasteiger partial charge in [0.25, 0.3) is 0 Å². The second-order valence-electron chi connectivity index (χ2n) is 7.98. The molecule has 0 aliphatic heterocycles. The van der Waals surface area contributed by atoms with Crippen molar-refractivity contribution < 1.29 is 19.1 Å². The summed E-state index contributed by atoms with van der Waals surface area (Å²) in [6.45, 7) is 6.57. The van der Waals surface area contributed by atoms with E-state index in [4.69, 9.17) is 21.1 Å². The molecule has 2 atom stereocenters. The van der Waals surface area contributed by atoms with Crippen molar-refractivity contribution in [1.29, 1.82) is 0 Å². The fourth-order valence-electron chi connectivity index (χ4n) is 3.40. The molecule has 2 rings (SSSR count). The number of carbonyl (C=O) groups excluding carboxylic acids is 2. The topological polar surface area (TPSA) is 67.9 Å². The summed E-state index contributed by atoms with van der Waals surface area (Å²) in [5.41, 5.74) is 0.816. The van der Waals surface area contributed by atoms with Crippen molar-refractivity contribution in [3.63, 3.8) is 0 Å². The van der Waals surface area contributed by atoms with E-state index in [9.17, 15) is 9.59 Å². The number of ether oxygens (including phenoxy) is 2. The monoisotopic (exact) mass is 474 g/mol. The van der Waals surface area contributed by atoms with Crippen LogP contribution in [0.1, 0.15) is 52.0 Å². The van der Waals surface area contributed by atoms with Crippen molar-refractivity contribution in [3.05, 3.63) is 59.1 Å². The molecule has 33 heavy (non-hydrogen) atoms. The molecule has 1 N–H and O–H groups in total. The van der Waals surface area contributed by atoms with E-state index >= 15 is 0 Å². The third-order valence-electron chi connectivity index (χ3n) is 5.55. The normalized spacial score (nSPS) is 12.5. The highest BCUT2D eigenvalue weighted by Crippen LogP contribution is 2.21. The largest absolute Gasteiger partial charge is 0.497 e. The summed E-state index contributed by atoms with van der Waals surface area (Å²) in [6.07, 6.45) is 2.14. The van der Waals surface area contributed by atoms with Gasteiger partial charge in [-0.1, -0.05) is 43.6 Å². The Hall–Kier alpha value is -2.73. The van der Waals surface area contributed by atoms with E-state index in [-0.39, 0.29) is 30.8 Å². The van der Waals surface area contributed by atoms with E-state index in [1.54, 1.807) is 18.1 Å². The SMILES string of the molecule is CC[C@@H](C)NC(=O)[C@@H](CC)N(Cc1ccccc1Cl)C(=O)CCCOc1ccc(OC)cc1. The lowest BCUT2D eigenvalue weighted by molar-refractivity contribution is -0.141. The van der Waals surface area contributed by atoms with Gasteiger partial charge in [0.1, 0.15) is 17.5 Å². The number of halogens is 1. The summed E-state index contributed by atoms with van der Waals surface area (Å²) < 4.78 is 10.9. The molecule has 180 valence electrons. The molecule has 0 aliphatic rings. The average molecular weight is 475 g/mol. The zero-order valence-corrected chi connectivity index (χ0v) is 20.7. The molecular formula is C26H35ClN2O4. The minimum absolute atomic E-state index is 0.0433. The molecule has 0 radical (unpaired) electrons. The number of hydrogen-bond donors (Lipinski definition) is 1. The van der Waals surface area contributed by atoms with Crippen molar-refractivity contribution in [2.45, 2.75) is 65.1 Å². The first-order valence-electron chi connectivity index (χ1n) is 11.5. The van der Waals surface area contributed by atoms with Crippen LogP contribution in [0.5, 0.6) is 11.5 Å². The first-order valence-corrected chi connectivity index (χ1v) is 11.9. The van der Waals surface area contributed by atoms with Gasteiger partial charge < -0.3 is 19.7 Å². The highest BCUT2D eigenvalue weighted by molar-refractivity contribution is 6.31. The Bertz CT molecular complexity index is 888. The molecule has 0 saturated heterocycles. The number of rotatable bonds is 13. The second kappa shape index (κ2) is 13.7. The molecule has 0 fully saturated rings. The lowest BCUT2D eigenvalue weighted by Gasteiger charge is -2.31. The molecule has 0 aromatic heterocycles. The van der Waals surface area contributed by atoms with Crippen LogP contribution in [0.25, 0.3) is 0 Å². The summed E-state index contributed by atoms with van der Waals surface area (Å²) >= 11 is 6.36. The minimum atomic E-state index is -0.565. The smallest absolute Gasteiger partial charge is 0.243 e. The lowest BCUT2D eigenvalue weighted by atomic mass is 10.1. The molecular weight excluding hydrogens is 440 g/mol. The van der Waals surface area contributed by atoms with Crippen LogP contribution in [-0.4, -0.2) is 42.5 Å². The molecule has 2 aromatic carbocycles. The van der Waals surface area contributed by atoms with E-state index in [2.05, 4.69) is 5.32 Å². The van der Waals surface area contributed by atoms with E-state index in [0.717, 1.165) is 23.5 Å². The second-order valence-corrected chi connectivity index (χ2v) is 8.39. The predicted molar refractivity (Wildman–Crippen MR) is 132 cm³/mol. The lowest BCUT2D eigenvalue weighted by Crippen LogP contribution is -2.50. The maximum Gasteiger partial charge on any atom is 0.243 e. The zero-order chi connectivity index (χ0) is 24.2. The Labute approximate surface area is 202 Å². The molecule has 7 heteroatoms. The van der Waals surface area contributed by atoms with E-state index in [1.165, 1.54) is 0 Å². The number of benzene rings is 2. The van der Waals surface area contributed by atoms with Crippen molar-refractivity contribution in [3.8, 4) is 11.5 Å². The number of carbonyl (C=O) groups is 2. The summed E-state index contributed by atoms with van der Waals surface area (Å²) in [5.74, 6) is 1.24. The minimum Gasteiger partial charge on any atom is -0.497 e. The fraction of sp³-hybridized carbons (Fsp3) is 0.462. The van der Waals surface area contributed by atoms with Gasteiger partial charge in [-0.25, -0.2) is 0 Å². The van der Waals surface area contributed by atoms with Gasteiger partial charge in [-0.05, 0) is 62.1 Å². The maximum absolute atomic E-state index is 13.2. The van der Waals surface area contributed by atoms with Gasteiger partial charge in [0.15, 0.2) is 0 Å². The summed E-state index contributed by atoms with van der Waals surface area (Å²) in [7, 11) is 1.61. The van der Waals surface area contributed by atoms with Crippen LogP contribution in [0.3, 0.4) is 0 Å². The van der Waals surface area contributed by atoms with Crippen molar-refractivity contribution in [1.82, 2.24) is 10.2 Å². The third-order valence-corrected chi connectivity index (χ3v) is 5.92. The van der Waals surface area contributed by atoms with Gasteiger partial charge in [-0.15, -0.1) is 0 Å². The molecule has 0 bridgehead atoms. The Morgan fingerprint density at radius 3 is 2.30 bits per heavy atom. The van der Waals surface area contributed by atoms with Crippen LogP contribution < -0.4 is 14.8 Å². The van der Waals surface area contributed by atoms with Crippen molar-refractivity contribution in [2.75, 3.05) is 13.7 Å². The molecule has 6 nitrogen and oxygen atoms in total. The molecule has 0 heterocycles. The van der Waals surface area contributed by atoms with Gasteiger partial charge in [0, 0.05) is 24.0 Å². The van der Waals surface area contributed by atoms with Crippen LogP contribution in [0, 0.1) is 0 Å².